The minimum Gasteiger partial charge on any atom is -0.490 e. The van der Waals surface area contributed by atoms with E-state index in [2.05, 4.69) is 34.4 Å². The molecule has 4 rings (SSSR count). The highest BCUT2D eigenvalue weighted by Gasteiger charge is 2.17. The van der Waals surface area contributed by atoms with E-state index in [1.54, 1.807) is 11.3 Å². The van der Waals surface area contributed by atoms with Crippen molar-refractivity contribution >= 4 is 17.2 Å². The monoisotopic (exact) mass is 424 g/mol. The highest BCUT2D eigenvalue weighted by Crippen LogP contribution is 2.35. The zero-order chi connectivity index (χ0) is 20.9. The average molecular weight is 425 g/mol. The quantitative estimate of drug-likeness (QED) is 0.560. The van der Waals surface area contributed by atoms with Gasteiger partial charge in [-0.25, -0.2) is 9.97 Å². The summed E-state index contributed by atoms with van der Waals surface area (Å²) >= 11 is 1.62. The number of likely N-dealkylation sites (N-methyl/N-ethyl adjacent to an activating group) is 1. The van der Waals surface area contributed by atoms with Crippen molar-refractivity contribution in [1.82, 2.24) is 14.9 Å². The predicted molar refractivity (Wildman–Crippen MR) is 123 cm³/mol. The summed E-state index contributed by atoms with van der Waals surface area (Å²) in [5, 5.41) is 3.02. The van der Waals surface area contributed by atoms with E-state index < -0.39 is 0 Å². The summed E-state index contributed by atoms with van der Waals surface area (Å²) in [5.41, 5.74) is 2.83. The first kappa shape index (κ1) is 20.6. The second-order valence-corrected chi connectivity index (χ2v) is 8.09. The third kappa shape index (κ3) is 4.57. The maximum atomic E-state index is 5.76. The summed E-state index contributed by atoms with van der Waals surface area (Å²) < 4.78 is 11.4. The molecule has 1 aliphatic heterocycles. The lowest BCUT2D eigenvalue weighted by Crippen LogP contribution is -2.44. The summed E-state index contributed by atoms with van der Waals surface area (Å²) in [6, 6.07) is 12.2. The molecule has 1 aromatic carbocycles. The molecule has 6 nitrogen and oxygen atoms in total. The number of nitrogens with zero attached hydrogens (tertiary/aromatic N) is 4. The molecule has 3 aromatic rings. The van der Waals surface area contributed by atoms with Crippen molar-refractivity contribution < 1.29 is 9.47 Å². The Hall–Kier alpha value is -2.64. The highest BCUT2D eigenvalue weighted by molar-refractivity contribution is 7.13. The van der Waals surface area contributed by atoms with Crippen LogP contribution < -0.4 is 14.4 Å². The lowest BCUT2D eigenvalue weighted by Gasteiger charge is -2.33. The molecule has 7 heteroatoms. The molecule has 0 bridgehead atoms. The third-order valence-corrected chi connectivity index (χ3v) is 6.01. The maximum absolute atomic E-state index is 5.76. The number of thiazole rings is 1. The van der Waals surface area contributed by atoms with Crippen molar-refractivity contribution in [2.45, 2.75) is 13.8 Å². The van der Waals surface area contributed by atoms with Crippen LogP contribution in [0.2, 0.25) is 0 Å². The van der Waals surface area contributed by atoms with E-state index in [0.29, 0.717) is 13.2 Å². The van der Waals surface area contributed by atoms with Crippen molar-refractivity contribution in [3.8, 4) is 33.5 Å². The van der Waals surface area contributed by atoms with Crippen LogP contribution in [0.5, 0.6) is 11.5 Å². The summed E-state index contributed by atoms with van der Waals surface area (Å²) in [4.78, 5) is 14.4. The molecule has 0 amide bonds. The largest absolute Gasteiger partial charge is 0.490 e. The second-order valence-electron chi connectivity index (χ2n) is 7.24. The van der Waals surface area contributed by atoms with Crippen LogP contribution >= 0.6 is 11.3 Å². The predicted octanol–water partition coefficient (Wildman–Crippen LogP) is 4.42. The van der Waals surface area contributed by atoms with Gasteiger partial charge >= 0.3 is 0 Å². The molecule has 2 aromatic heterocycles. The van der Waals surface area contributed by atoms with Crippen molar-refractivity contribution in [3.63, 3.8) is 0 Å². The number of aromatic nitrogens is 2. The SMILES string of the molecule is CCOc1ccc(-c2nc(-c3cccc(N4CCN(C)CC4)n3)cs2)cc1OCC. The lowest BCUT2D eigenvalue weighted by atomic mass is 10.2. The standard InChI is InChI=1S/C23H28N4O2S/c1-4-28-20-10-9-17(15-21(20)29-5-2)23-25-19(16-30-23)18-7-6-8-22(24-18)27-13-11-26(3)12-14-27/h6-10,15-16H,4-5,11-14H2,1-3H3. The van der Waals surface area contributed by atoms with E-state index in [1.165, 1.54) is 0 Å². The van der Waals surface area contributed by atoms with Crippen LogP contribution in [0.4, 0.5) is 5.82 Å². The molecule has 3 heterocycles. The van der Waals surface area contributed by atoms with Crippen LogP contribution in [-0.2, 0) is 0 Å². The molecule has 0 atom stereocenters. The van der Waals surface area contributed by atoms with Crippen molar-refractivity contribution in [2.24, 2.45) is 0 Å². The van der Waals surface area contributed by atoms with E-state index in [-0.39, 0.29) is 0 Å². The smallest absolute Gasteiger partial charge is 0.161 e. The summed E-state index contributed by atoms with van der Waals surface area (Å²) in [6.45, 7) is 9.28. The number of rotatable bonds is 7. The average Bonchev–Trinajstić information content (AvgIpc) is 3.26. The van der Waals surface area contributed by atoms with E-state index in [4.69, 9.17) is 19.4 Å². The second kappa shape index (κ2) is 9.45. The minimum atomic E-state index is 0.593. The Labute approximate surface area is 182 Å². The molecule has 30 heavy (non-hydrogen) atoms. The van der Waals surface area contributed by atoms with Gasteiger partial charge in [0.2, 0.25) is 0 Å². The zero-order valence-corrected chi connectivity index (χ0v) is 18.6. The molecular weight excluding hydrogens is 396 g/mol. The first-order valence-corrected chi connectivity index (χ1v) is 11.3. The van der Waals surface area contributed by atoms with Crippen LogP contribution in [0.25, 0.3) is 22.0 Å². The van der Waals surface area contributed by atoms with Gasteiger partial charge in [-0.3, -0.25) is 0 Å². The molecule has 0 radical (unpaired) electrons. The number of ether oxygens (including phenoxy) is 2. The fraction of sp³-hybridized carbons (Fsp3) is 0.391. The van der Waals surface area contributed by atoms with Gasteiger partial charge in [-0.1, -0.05) is 6.07 Å². The van der Waals surface area contributed by atoms with Gasteiger partial charge in [0.15, 0.2) is 11.5 Å². The lowest BCUT2D eigenvalue weighted by molar-refractivity contribution is 0.288. The van der Waals surface area contributed by atoms with Gasteiger partial charge in [-0.05, 0) is 51.2 Å². The van der Waals surface area contributed by atoms with Crippen molar-refractivity contribution in [1.29, 1.82) is 0 Å². The first-order valence-electron chi connectivity index (χ1n) is 10.4. The van der Waals surface area contributed by atoms with Gasteiger partial charge in [0.25, 0.3) is 0 Å². The Bertz CT molecular complexity index is 983. The van der Waals surface area contributed by atoms with Gasteiger partial charge in [0.1, 0.15) is 16.5 Å². The number of benzene rings is 1. The first-order chi connectivity index (χ1) is 14.7. The minimum absolute atomic E-state index is 0.593. The summed E-state index contributed by atoms with van der Waals surface area (Å²) in [7, 11) is 2.16. The number of hydrogen-bond donors (Lipinski definition) is 0. The Balaban J connectivity index is 1.57. The van der Waals surface area contributed by atoms with E-state index in [0.717, 1.165) is 65.5 Å². The molecular formula is C23H28N4O2S. The number of piperazine rings is 1. The molecule has 1 aliphatic rings. The van der Waals surface area contributed by atoms with E-state index in [1.807, 2.05) is 38.1 Å². The third-order valence-electron chi connectivity index (χ3n) is 5.12. The van der Waals surface area contributed by atoms with Gasteiger partial charge < -0.3 is 19.3 Å². The molecule has 0 saturated carbocycles. The molecule has 1 saturated heterocycles. The normalized spacial score (nSPS) is 14.7. The van der Waals surface area contributed by atoms with Crippen LogP contribution in [0.15, 0.2) is 41.8 Å². The Morgan fingerprint density at radius 1 is 0.900 bits per heavy atom. The van der Waals surface area contributed by atoms with Gasteiger partial charge in [0, 0.05) is 37.1 Å². The molecule has 1 fully saturated rings. The number of anilines is 1. The van der Waals surface area contributed by atoms with Crippen LogP contribution in [0.1, 0.15) is 13.8 Å². The Morgan fingerprint density at radius 3 is 2.43 bits per heavy atom. The molecule has 0 unspecified atom stereocenters. The molecule has 0 aliphatic carbocycles. The maximum Gasteiger partial charge on any atom is 0.161 e. The van der Waals surface area contributed by atoms with Gasteiger partial charge in [0.05, 0.1) is 18.9 Å². The van der Waals surface area contributed by atoms with Gasteiger partial charge in [-0.2, -0.15) is 0 Å². The molecule has 158 valence electrons. The Morgan fingerprint density at radius 2 is 1.67 bits per heavy atom. The molecule has 0 N–H and O–H groups in total. The summed E-state index contributed by atoms with van der Waals surface area (Å²) in [6.07, 6.45) is 0. The van der Waals surface area contributed by atoms with Crippen molar-refractivity contribution in [2.75, 3.05) is 51.3 Å². The number of pyridine rings is 1. The van der Waals surface area contributed by atoms with Crippen LogP contribution in [0.3, 0.4) is 0 Å². The molecule has 0 spiro atoms. The number of hydrogen-bond acceptors (Lipinski definition) is 7. The van der Waals surface area contributed by atoms with Crippen LogP contribution in [-0.4, -0.2) is 61.3 Å². The fourth-order valence-corrected chi connectivity index (χ4v) is 4.30. The summed E-state index contributed by atoms with van der Waals surface area (Å²) in [5.74, 6) is 2.54. The van der Waals surface area contributed by atoms with Gasteiger partial charge in [-0.15, -0.1) is 11.3 Å². The Kier molecular flexibility index (Phi) is 6.50. The van der Waals surface area contributed by atoms with Crippen molar-refractivity contribution in [3.05, 3.63) is 41.8 Å². The topological polar surface area (TPSA) is 50.7 Å². The van der Waals surface area contributed by atoms with E-state index in [9.17, 15) is 0 Å². The van der Waals surface area contributed by atoms with E-state index >= 15 is 0 Å². The fourth-order valence-electron chi connectivity index (χ4n) is 3.49. The van der Waals surface area contributed by atoms with Crippen LogP contribution in [0, 0.1) is 0 Å². The zero-order valence-electron chi connectivity index (χ0n) is 17.8. The highest BCUT2D eigenvalue weighted by atomic mass is 32.1.